The number of aromatic hydroxyl groups is 2. The maximum atomic E-state index is 13.7. The van der Waals surface area contributed by atoms with Crippen LogP contribution in [-0.2, 0) is 38.4 Å². The second-order valence-corrected chi connectivity index (χ2v) is 10.8. The van der Waals surface area contributed by atoms with Crippen LogP contribution in [0.1, 0.15) is 37.1 Å². The van der Waals surface area contributed by atoms with Crippen LogP contribution in [0.25, 0.3) is 0 Å². The zero-order valence-corrected chi connectivity index (χ0v) is 24.0. The van der Waals surface area contributed by atoms with Gasteiger partial charge in [-0.15, -0.1) is 0 Å². The number of aromatic nitrogens is 2. The first-order chi connectivity index (χ1) is 20.4. The van der Waals surface area contributed by atoms with Crippen LogP contribution in [0.3, 0.4) is 0 Å². The van der Waals surface area contributed by atoms with Gasteiger partial charge in [0.15, 0.2) is 0 Å². The van der Waals surface area contributed by atoms with Crippen LogP contribution in [0.2, 0.25) is 0 Å². The average Bonchev–Trinajstić information content (AvgIpc) is 3.46. The Morgan fingerprint density at radius 2 is 1.23 bits per heavy atom. The maximum absolute atomic E-state index is 13.7. The van der Waals surface area contributed by atoms with Crippen molar-refractivity contribution in [2.45, 2.75) is 63.7 Å². The Hall–Kier alpha value is -4.91. The molecule has 0 aliphatic heterocycles. The first kappa shape index (κ1) is 32.6. The number of carbonyl (C=O) groups is 4. The molecule has 4 atom stereocenters. The lowest BCUT2D eigenvalue weighted by molar-refractivity contribution is -0.142. The molecular weight excluding hydrogens is 556 g/mol. The summed E-state index contributed by atoms with van der Waals surface area (Å²) in [6.07, 6.45) is 3.28. The molecule has 3 amide bonds. The number of nitrogens with zero attached hydrogens (tertiary/aromatic N) is 1. The second-order valence-electron chi connectivity index (χ2n) is 10.8. The predicted octanol–water partition coefficient (Wildman–Crippen LogP) is 0.761. The highest BCUT2D eigenvalue weighted by molar-refractivity contribution is 5.94. The van der Waals surface area contributed by atoms with Crippen molar-refractivity contribution in [2.75, 3.05) is 0 Å². The number of nitrogens with two attached hydrogens (primary N) is 1. The lowest BCUT2D eigenvalue weighted by Crippen LogP contribution is -2.58. The highest BCUT2D eigenvalue weighted by Gasteiger charge is 2.31. The minimum absolute atomic E-state index is 0.00722. The molecule has 0 saturated heterocycles. The van der Waals surface area contributed by atoms with Crippen LogP contribution in [0.5, 0.6) is 11.5 Å². The monoisotopic (exact) mass is 594 g/mol. The molecule has 0 aliphatic carbocycles. The number of benzene rings is 2. The topological polar surface area (TPSA) is 220 Å². The molecule has 43 heavy (non-hydrogen) atoms. The van der Waals surface area contributed by atoms with Crippen LogP contribution < -0.4 is 21.7 Å². The third kappa shape index (κ3) is 10.5. The largest absolute Gasteiger partial charge is 0.508 e. The number of H-pyrrole nitrogens is 1. The van der Waals surface area contributed by atoms with E-state index in [2.05, 4.69) is 25.9 Å². The summed E-state index contributed by atoms with van der Waals surface area (Å²) in [5.41, 5.74) is 7.93. The van der Waals surface area contributed by atoms with Gasteiger partial charge in [0.1, 0.15) is 29.6 Å². The molecule has 13 heteroatoms. The normalized spacial score (nSPS) is 13.9. The number of phenolic OH excluding ortho intramolecular Hbond substituents is 2. The summed E-state index contributed by atoms with van der Waals surface area (Å²) < 4.78 is 0. The lowest BCUT2D eigenvalue weighted by Gasteiger charge is -2.26. The number of nitrogens with one attached hydrogen (secondary N) is 4. The fourth-order valence-electron chi connectivity index (χ4n) is 4.40. The molecule has 1 heterocycles. The molecule has 2 aromatic carbocycles. The van der Waals surface area contributed by atoms with E-state index in [4.69, 9.17) is 5.73 Å². The van der Waals surface area contributed by atoms with Crippen molar-refractivity contribution in [3.05, 3.63) is 77.9 Å². The first-order valence-electron chi connectivity index (χ1n) is 13.8. The van der Waals surface area contributed by atoms with Crippen molar-refractivity contribution in [1.82, 2.24) is 25.9 Å². The van der Waals surface area contributed by atoms with Crippen LogP contribution in [0.4, 0.5) is 0 Å². The van der Waals surface area contributed by atoms with E-state index in [1.165, 1.54) is 36.8 Å². The van der Waals surface area contributed by atoms with Crippen LogP contribution >= 0.6 is 0 Å². The van der Waals surface area contributed by atoms with Gasteiger partial charge in [-0.1, -0.05) is 38.1 Å². The quantitative estimate of drug-likeness (QED) is 0.124. The Labute approximate surface area is 248 Å². The number of carboxylic acid groups (broad SMARTS) is 1. The van der Waals surface area contributed by atoms with E-state index in [0.29, 0.717) is 16.8 Å². The van der Waals surface area contributed by atoms with E-state index in [0.717, 1.165) is 0 Å². The molecule has 3 rings (SSSR count). The number of amides is 3. The van der Waals surface area contributed by atoms with Gasteiger partial charge in [0.25, 0.3) is 0 Å². The standard InChI is InChI=1S/C30H38N6O7/c1-17(2)11-26(30(42)43)36-29(41)25(13-19-5-9-22(38)10-6-19)35-28(40)24(12-18-3-7-21(37)8-4-18)34-27(39)23(31)14-20-15-32-16-33-20/h3-10,15-17,23-26,37-38H,11-14,31H2,1-2H3,(H,32,33)(H,34,39)(H,35,40)(H,36,41)(H,42,43). The van der Waals surface area contributed by atoms with Gasteiger partial charge < -0.3 is 42.0 Å². The number of carboxylic acids is 1. The first-order valence-corrected chi connectivity index (χ1v) is 13.8. The minimum atomic E-state index is -1.22. The van der Waals surface area contributed by atoms with Gasteiger partial charge in [0.05, 0.1) is 12.4 Å². The van der Waals surface area contributed by atoms with E-state index in [1.807, 2.05) is 13.8 Å². The molecular formula is C30H38N6O7. The van der Waals surface area contributed by atoms with E-state index in [1.54, 1.807) is 24.3 Å². The van der Waals surface area contributed by atoms with Crippen LogP contribution in [0, 0.1) is 5.92 Å². The molecule has 0 radical (unpaired) electrons. The van der Waals surface area contributed by atoms with E-state index in [9.17, 15) is 34.5 Å². The highest BCUT2D eigenvalue weighted by Crippen LogP contribution is 2.14. The predicted molar refractivity (Wildman–Crippen MR) is 157 cm³/mol. The molecule has 1 aromatic heterocycles. The second kappa shape index (κ2) is 15.4. The molecule has 3 aromatic rings. The number of phenols is 2. The zero-order chi connectivity index (χ0) is 31.5. The number of hydrogen-bond acceptors (Lipinski definition) is 8. The minimum Gasteiger partial charge on any atom is -0.508 e. The lowest BCUT2D eigenvalue weighted by atomic mass is 10.00. The molecule has 0 bridgehead atoms. The van der Waals surface area contributed by atoms with Crippen molar-refractivity contribution < 1.29 is 34.5 Å². The Morgan fingerprint density at radius 3 is 1.65 bits per heavy atom. The molecule has 0 aliphatic rings. The SMILES string of the molecule is CC(C)CC(NC(=O)C(Cc1ccc(O)cc1)NC(=O)C(Cc1ccc(O)cc1)NC(=O)C(N)Cc1cnc[nH]1)C(=O)O. The van der Waals surface area contributed by atoms with Gasteiger partial charge >= 0.3 is 5.97 Å². The number of aliphatic carboxylic acids is 1. The van der Waals surface area contributed by atoms with Gasteiger partial charge in [-0.2, -0.15) is 0 Å². The molecule has 13 nitrogen and oxygen atoms in total. The summed E-state index contributed by atoms with van der Waals surface area (Å²) >= 11 is 0. The van der Waals surface area contributed by atoms with Crippen molar-refractivity contribution in [1.29, 1.82) is 0 Å². The fourth-order valence-corrected chi connectivity index (χ4v) is 4.40. The summed E-state index contributed by atoms with van der Waals surface area (Å²) in [6, 6.07) is 7.50. The number of carbonyl (C=O) groups excluding carboxylic acids is 3. The number of hydrogen-bond donors (Lipinski definition) is 8. The summed E-state index contributed by atoms with van der Waals surface area (Å²) in [5.74, 6) is -3.24. The Bertz CT molecular complexity index is 1360. The Morgan fingerprint density at radius 1 is 0.767 bits per heavy atom. The van der Waals surface area contributed by atoms with Gasteiger partial charge in [0.2, 0.25) is 17.7 Å². The average molecular weight is 595 g/mol. The Balaban J connectivity index is 1.85. The fraction of sp³-hybridized carbons (Fsp3) is 0.367. The van der Waals surface area contributed by atoms with Gasteiger partial charge in [-0.05, 0) is 47.7 Å². The molecule has 0 spiro atoms. The summed E-state index contributed by atoms with van der Waals surface area (Å²) in [4.78, 5) is 58.7. The van der Waals surface area contributed by atoms with Crippen molar-refractivity contribution in [2.24, 2.45) is 11.7 Å². The summed E-state index contributed by atoms with van der Waals surface area (Å²) in [6.45, 7) is 3.65. The third-order valence-electron chi connectivity index (χ3n) is 6.67. The van der Waals surface area contributed by atoms with Crippen molar-refractivity contribution in [3.63, 3.8) is 0 Å². The van der Waals surface area contributed by atoms with Crippen molar-refractivity contribution in [3.8, 4) is 11.5 Å². The third-order valence-corrected chi connectivity index (χ3v) is 6.67. The van der Waals surface area contributed by atoms with Gasteiger partial charge in [-0.25, -0.2) is 9.78 Å². The van der Waals surface area contributed by atoms with Gasteiger partial charge in [-0.3, -0.25) is 14.4 Å². The number of rotatable bonds is 15. The molecule has 4 unspecified atom stereocenters. The van der Waals surface area contributed by atoms with E-state index >= 15 is 0 Å². The Kier molecular flexibility index (Phi) is 11.6. The van der Waals surface area contributed by atoms with Gasteiger partial charge in [0, 0.05) is 31.2 Å². The molecule has 0 fully saturated rings. The van der Waals surface area contributed by atoms with Crippen molar-refractivity contribution >= 4 is 23.7 Å². The maximum Gasteiger partial charge on any atom is 0.326 e. The van der Waals surface area contributed by atoms with E-state index < -0.39 is 47.9 Å². The van der Waals surface area contributed by atoms with E-state index in [-0.39, 0.29) is 43.1 Å². The summed E-state index contributed by atoms with van der Waals surface area (Å²) in [7, 11) is 0. The molecule has 9 N–H and O–H groups in total. The molecule has 230 valence electrons. The zero-order valence-electron chi connectivity index (χ0n) is 24.0. The summed E-state index contributed by atoms with van der Waals surface area (Å²) in [5, 5.41) is 36.8. The molecule has 0 saturated carbocycles. The van der Waals surface area contributed by atoms with Crippen LogP contribution in [0.15, 0.2) is 61.1 Å². The number of imidazole rings is 1. The van der Waals surface area contributed by atoms with Crippen LogP contribution in [-0.4, -0.2) is 73.1 Å². The smallest absolute Gasteiger partial charge is 0.326 e. The number of aromatic amines is 1. The highest BCUT2D eigenvalue weighted by atomic mass is 16.4.